The smallest absolute Gasteiger partial charge is 0.290 e. The summed E-state index contributed by atoms with van der Waals surface area (Å²) < 4.78 is 11.1. The molecular formula is C27H28Cl2N2O3. The number of benzene rings is 2. The Balaban J connectivity index is 1.05. The second kappa shape index (κ2) is 10.0. The van der Waals surface area contributed by atoms with Crippen LogP contribution in [0.15, 0.2) is 59.0 Å². The van der Waals surface area contributed by atoms with Crippen molar-refractivity contribution >= 4 is 29.1 Å². The summed E-state index contributed by atoms with van der Waals surface area (Å²) in [5, 5.41) is 3.86. The lowest BCUT2D eigenvalue weighted by atomic mass is 9.74. The average Bonchev–Trinajstić information content (AvgIpc) is 3.43. The number of nitrogens with one attached hydrogen (secondary N) is 1. The van der Waals surface area contributed by atoms with Gasteiger partial charge in [0, 0.05) is 22.7 Å². The number of carbonyl (C=O) groups is 1. The van der Waals surface area contributed by atoms with Crippen molar-refractivity contribution in [1.82, 2.24) is 10.2 Å². The highest BCUT2D eigenvalue weighted by molar-refractivity contribution is 6.34. The number of likely N-dealkylation sites (tertiary alicyclic amines) is 1. The van der Waals surface area contributed by atoms with Gasteiger partial charge in [-0.3, -0.25) is 4.79 Å². The molecule has 1 N–H and O–H groups in total. The van der Waals surface area contributed by atoms with Crippen molar-refractivity contribution in [2.45, 2.75) is 37.5 Å². The molecule has 0 atom stereocenters. The zero-order chi connectivity index (χ0) is 23.5. The number of aryl methyl sites for hydroxylation is 1. The summed E-state index contributed by atoms with van der Waals surface area (Å²) >= 11 is 12.0. The lowest BCUT2D eigenvalue weighted by molar-refractivity contribution is 0.0917. The standard InChI is InChI=1S/C27H28Cl2N2O3/c28-20-16-21(29)18-22(17-20)33-25-7-6-24(34-25)26(32)30-12-3-13-31-14-10-27(11-15-31)9-8-19-4-1-2-5-23(19)27/h1-2,4-7,16-18H,3,8-15H2,(H,30,32). The van der Waals surface area contributed by atoms with Crippen LogP contribution in [0, 0.1) is 0 Å². The Morgan fingerprint density at radius 2 is 1.79 bits per heavy atom. The van der Waals surface area contributed by atoms with Gasteiger partial charge in [0.1, 0.15) is 5.75 Å². The van der Waals surface area contributed by atoms with Gasteiger partial charge in [-0.25, -0.2) is 0 Å². The zero-order valence-corrected chi connectivity index (χ0v) is 20.5. The summed E-state index contributed by atoms with van der Waals surface area (Å²) in [6, 6.07) is 17.0. The predicted molar refractivity (Wildman–Crippen MR) is 134 cm³/mol. The molecule has 1 fully saturated rings. The van der Waals surface area contributed by atoms with Crippen molar-refractivity contribution in [3.8, 4) is 11.7 Å². The third-order valence-electron chi connectivity index (χ3n) is 7.07. The minimum Gasteiger partial charge on any atom is -0.426 e. The molecule has 178 valence electrons. The number of amides is 1. The number of hydrogen-bond donors (Lipinski definition) is 1. The molecule has 1 amide bonds. The minimum absolute atomic E-state index is 0.208. The van der Waals surface area contributed by atoms with Crippen LogP contribution < -0.4 is 10.1 Å². The molecule has 3 aromatic rings. The maximum absolute atomic E-state index is 12.4. The largest absolute Gasteiger partial charge is 0.426 e. The zero-order valence-electron chi connectivity index (χ0n) is 19.0. The van der Waals surface area contributed by atoms with E-state index in [1.807, 2.05) is 0 Å². The number of furan rings is 1. The Labute approximate surface area is 210 Å². The number of hydrogen-bond acceptors (Lipinski definition) is 4. The van der Waals surface area contributed by atoms with Crippen LogP contribution in [0.5, 0.6) is 11.7 Å². The first-order chi connectivity index (χ1) is 16.5. The van der Waals surface area contributed by atoms with Crippen LogP contribution in [0.2, 0.25) is 10.0 Å². The number of nitrogens with zero attached hydrogens (tertiary/aromatic N) is 1. The van der Waals surface area contributed by atoms with Crippen molar-refractivity contribution in [2.24, 2.45) is 0 Å². The van der Waals surface area contributed by atoms with Gasteiger partial charge in [-0.05, 0) is 92.5 Å². The lowest BCUT2D eigenvalue weighted by Crippen LogP contribution is -2.42. The van der Waals surface area contributed by atoms with Crippen LogP contribution in [-0.2, 0) is 11.8 Å². The maximum atomic E-state index is 12.4. The van der Waals surface area contributed by atoms with E-state index < -0.39 is 0 Å². The summed E-state index contributed by atoms with van der Waals surface area (Å²) in [6.07, 6.45) is 5.86. The van der Waals surface area contributed by atoms with Gasteiger partial charge in [0.2, 0.25) is 0 Å². The van der Waals surface area contributed by atoms with Crippen LogP contribution in [0.25, 0.3) is 0 Å². The molecule has 0 radical (unpaired) electrons. The normalized spacial score (nSPS) is 17.0. The number of fused-ring (bicyclic) bond motifs is 2. The Kier molecular flexibility index (Phi) is 6.87. The highest BCUT2D eigenvalue weighted by Crippen LogP contribution is 2.46. The van der Waals surface area contributed by atoms with E-state index in [1.54, 1.807) is 41.5 Å². The first-order valence-electron chi connectivity index (χ1n) is 11.8. The fraction of sp³-hybridized carbons (Fsp3) is 0.370. The SMILES string of the molecule is O=C(NCCCN1CCC2(CCc3ccccc32)CC1)c1ccc(Oc2cc(Cl)cc(Cl)c2)o1. The van der Waals surface area contributed by atoms with E-state index in [0.29, 0.717) is 27.8 Å². The Morgan fingerprint density at radius 1 is 1.03 bits per heavy atom. The van der Waals surface area contributed by atoms with Crippen molar-refractivity contribution in [2.75, 3.05) is 26.2 Å². The molecule has 1 aromatic heterocycles. The molecule has 5 nitrogen and oxygen atoms in total. The first kappa shape index (κ1) is 23.3. The molecule has 2 aromatic carbocycles. The molecule has 5 rings (SSSR count). The topological polar surface area (TPSA) is 54.7 Å². The maximum Gasteiger partial charge on any atom is 0.290 e. The van der Waals surface area contributed by atoms with Gasteiger partial charge in [-0.15, -0.1) is 0 Å². The van der Waals surface area contributed by atoms with Gasteiger partial charge < -0.3 is 19.4 Å². The molecule has 1 spiro atoms. The molecular weight excluding hydrogens is 471 g/mol. The highest BCUT2D eigenvalue weighted by atomic mass is 35.5. The monoisotopic (exact) mass is 498 g/mol. The van der Waals surface area contributed by atoms with Gasteiger partial charge in [-0.1, -0.05) is 47.5 Å². The number of halogens is 2. The molecule has 1 saturated heterocycles. The quantitative estimate of drug-likeness (QED) is 0.378. The third kappa shape index (κ3) is 5.12. The second-order valence-corrected chi connectivity index (χ2v) is 10.1. The van der Waals surface area contributed by atoms with E-state index in [9.17, 15) is 4.79 Å². The van der Waals surface area contributed by atoms with Crippen LogP contribution >= 0.6 is 23.2 Å². The van der Waals surface area contributed by atoms with Gasteiger partial charge in [0.05, 0.1) is 0 Å². The Hall–Kier alpha value is -2.47. The van der Waals surface area contributed by atoms with Crippen molar-refractivity contribution in [3.05, 3.63) is 81.5 Å². The highest BCUT2D eigenvalue weighted by Gasteiger charge is 2.40. The van der Waals surface area contributed by atoms with Crippen LogP contribution in [-0.4, -0.2) is 37.0 Å². The Bertz CT molecular complexity index is 1150. The molecule has 1 aliphatic carbocycles. The van der Waals surface area contributed by atoms with Gasteiger partial charge >= 0.3 is 0 Å². The van der Waals surface area contributed by atoms with E-state index in [0.717, 1.165) is 26.1 Å². The molecule has 0 unspecified atom stereocenters. The van der Waals surface area contributed by atoms with E-state index in [-0.39, 0.29) is 17.6 Å². The molecule has 0 bridgehead atoms. The van der Waals surface area contributed by atoms with Crippen LogP contribution in [0.4, 0.5) is 0 Å². The number of ether oxygens (including phenoxy) is 1. The van der Waals surface area contributed by atoms with E-state index in [1.165, 1.54) is 25.7 Å². The summed E-state index contributed by atoms with van der Waals surface area (Å²) in [7, 11) is 0. The molecule has 2 aliphatic rings. The fourth-order valence-electron chi connectivity index (χ4n) is 5.28. The predicted octanol–water partition coefficient (Wildman–Crippen LogP) is 6.48. The van der Waals surface area contributed by atoms with Crippen molar-refractivity contribution in [3.63, 3.8) is 0 Å². The van der Waals surface area contributed by atoms with E-state index in [4.69, 9.17) is 32.4 Å². The summed E-state index contributed by atoms with van der Waals surface area (Å²) in [4.78, 5) is 15.0. The molecule has 7 heteroatoms. The van der Waals surface area contributed by atoms with Gasteiger partial charge in [0.25, 0.3) is 11.9 Å². The van der Waals surface area contributed by atoms with E-state index >= 15 is 0 Å². The average molecular weight is 499 g/mol. The summed E-state index contributed by atoms with van der Waals surface area (Å²) in [5.74, 6) is 0.615. The fourth-order valence-corrected chi connectivity index (χ4v) is 5.79. The van der Waals surface area contributed by atoms with Gasteiger partial charge in [0.15, 0.2) is 5.76 Å². The van der Waals surface area contributed by atoms with Crippen LogP contribution in [0.1, 0.15) is 47.4 Å². The van der Waals surface area contributed by atoms with Crippen LogP contribution in [0.3, 0.4) is 0 Å². The second-order valence-electron chi connectivity index (χ2n) is 9.21. The third-order valence-corrected chi connectivity index (χ3v) is 7.51. The minimum atomic E-state index is -0.251. The number of carbonyl (C=O) groups excluding carboxylic acids is 1. The number of piperidine rings is 1. The molecule has 2 heterocycles. The molecule has 1 aliphatic heterocycles. The number of rotatable bonds is 7. The first-order valence-corrected chi connectivity index (χ1v) is 12.6. The molecule has 34 heavy (non-hydrogen) atoms. The molecule has 0 saturated carbocycles. The van der Waals surface area contributed by atoms with Crippen molar-refractivity contribution < 1.29 is 13.9 Å². The Morgan fingerprint density at radius 3 is 2.59 bits per heavy atom. The summed E-state index contributed by atoms with van der Waals surface area (Å²) in [5.41, 5.74) is 3.51. The van der Waals surface area contributed by atoms with E-state index in [2.05, 4.69) is 34.5 Å². The van der Waals surface area contributed by atoms with Gasteiger partial charge in [-0.2, -0.15) is 0 Å². The van der Waals surface area contributed by atoms with Crippen molar-refractivity contribution in [1.29, 1.82) is 0 Å². The summed E-state index contributed by atoms with van der Waals surface area (Å²) in [6.45, 7) is 3.83. The lowest BCUT2D eigenvalue weighted by Gasteiger charge is -2.40.